The lowest BCUT2D eigenvalue weighted by Crippen LogP contribution is -2.19. The van der Waals surface area contributed by atoms with Crippen molar-refractivity contribution in [2.75, 3.05) is 19.1 Å². The van der Waals surface area contributed by atoms with Crippen molar-refractivity contribution >= 4 is 16.9 Å². The second-order valence-electron chi connectivity index (χ2n) is 8.59. The van der Waals surface area contributed by atoms with Crippen LogP contribution in [0.5, 0.6) is 17.4 Å². The van der Waals surface area contributed by atoms with Crippen molar-refractivity contribution in [3.63, 3.8) is 0 Å². The number of hydrogen-bond donors (Lipinski definition) is 3. The predicted octanol–water partition coefficient (Wildman–Crippen LogP) is 2.01. The number of fused-ring (bicyclic) bond motifs is 2. The van der Waals surface area contributed by atoms with Crippen LogP contribution in [0.3, 0.4) is 0 Å². The fraction of sp³-hybridized carbons (Fsp3) is 0.333. The largest absolute Gasteiger partial charge is 0.468 e. The Morgan fingerprint density at radius 3 is 2.78 bits per heavy atom. The molecule has 12 nitrogen and oxygen atoms in total. The van der Waals surface area contributed by atoms with Crippen molar-refractivity contribution in [3.8, 4) is 40.7 Å². The first-order valence-electron chi connectivity index (χ1n) is 11.3. The second-order valence-corrected chi connectivity index (χ2v) is 8.59. The highest BCUT2D eigenvalue weighted by molar-refractivity contribution is 5.86. The van der Waals surface area contributed by atoms with Crippen LogP contribution in [-0.2, 0) is 6.54 Å². The molecule has 5 rings (SSSR count). The van der Waals surface area contributed by atoms with Gasteiger partial charge in [0.05, 0.1) is 5.52 Å². The van der Waals surface area contributed by atoms with Gasteiger partial charge in [0.2, 0.25) is 12.7 Å². The molecule has 0 spiro atoms. The summed E-state index contributed by atoms with van der Waals surface area (Å²) in [6.07, 6.45) is -0.574. The van der Waals surface area contributed by atoms with E-state index in [-0.39, 0.29) is 25.0 Å². The van der Waals surface area contributed by atoms with E-state index >= 15 is 0 Å². The highest BCUT2D eigenvalue weighted by Crippen LogP contribution is 2.40. The molecular formula is C24H25N7O5. The van der Waals surface area contributed by atoms with E-state index in [0.717, 1.165) is 5.56 Å². The minimum absolute atomic E-state index is 0.108. The summed E-state index contributed by atoms with van der Waals surface area (Å²) < 4.78 is 24.0. The number of benzene rings is 1. The number of hydrogen-bond acceptors (Lipinski definition) is 11. The van der Waals surface area contributed by atoms with E-state index in [0.29, 0.717) is 46.3 Å². The molecule has 0 aliphatic carbocycles. The van der Waals surface area contributed by atoms with Crippen LogP contribution in [0.2, 0.25) is 0 Å². The molecule has 36 heavy (non-hydrogen) atoms. The van der Waals surface area contributed by atoms with Gasteiger partial charge in [-0.05, 0) is 43.1 Å². The molecule has 1 aliphatic heterocycles. The molecule has 0 saturated heterocycles. The zero-order valence-electron chi connectivity index (χ0n) is 20.0. The van der Waals surface area contributed by atoms with Gasteiger partial charge in [0, 0.05) is 24.7 Å². The van der Waals surface area contributed by atoms with Gasteiger partial charge in [0.15, 0.2) is 28.8 Å². The van der Waals surface area contributed by atoms with Gasteiger partial charge in [-0.1, -0.05) is 18.1 Å². The molecule has 1 unspecified atom stereocenters. The number of ether oxygens (including phenoxy) is 3. The number of aliphatic hydroxyl groups is 1. The minimum atomic E-state index is -1.25. The number of aromatic nitrogens is 5. The molecule has 3 aromatic heterocycles. The van der Waals surface area contributed by atoms with E-state index in [9.17, 15) is 5.11 Å². The van der Waals surface area contributed by atoms with Crippen LogP contribution in [0.1, 0.15) is 38.1 Å². The van der Waals surface area contributed by atoms with Gasteiger partial charge >= 0.3 is 0 Å². The van der Waals surface area contributed by atoms with Crippen molar-refractivity contribution in [1.29, 1.82) is 0 Å². The van der Waals surface area contributed by atoms with E-state index in [1.807, 2.05) is 29.7 Å². The Balaban J connectivity index is 1.65. The van der Waals surface area contributed by atoms with Gasteiger partial charge in [-0.25, -0.2) is 14.6 Å². The molecular weight excluding hydrogens is 466 g/mol. The molecule has 1 aliphatic rings. The van der Waals surface area contributed by atoms with Crippen molar-refractivity contribution in [3.05, 3.63) is 35.5 Å². The zero-order valence-corrected chi connectivity index (χ0v) is 20.0. The topological polar surface area (TPSA) is 170 Å². The molecule has 0 fully saturated rings. The van der Waals surface area contributed by atoms with Gasteiger partial charge in [0.25, 0.3) is 0 Å². The summed E-state index contributed by atoms with van der Waals surface area (Å²) in [7, 11) is 0. The number of nitrogens with zero attached hydrogens (tertiary/aromatic N) is 5. The Morgan fingerprint density at radius 2 is 2.08 bits per heavy atom. The average molecular weight is 492 g/mol. The Labute approximate surface area is 206 Å². The summed E-state index contributed by atoms with van der Waals surface area (Å²) in [6, 6.07) is 7.28. The Bertz CT molecular complexity index is 1490. The maximum Gasteiger partial charge on any atom is 0.231 e. The van der Waals surface area contributed by atoms with Crippen LogP contribution in [0.4, 0.5) is 5.82 Å². The molecule has 0 radical (unpaired) electrons. The van der Waals surface area contributed by atoms with Crippen LogP contribution >= 0.6 is 0 Å². The minimum Gasteiger partial charge on any atom is -0.468 e. The van der Waals surface area contributed by atoms with Gasteiger partial charge in [-0.3, -0.25) is 0 Å². The molecule has 5 N–H and O–H groups in total. The molecule has 4 aromatic rings. The van der Waals surface area contributed by atoms with E-state index in [4.69, 9.17) is 35.3 Å². The zero-order chi connectivity index (χ0) is 25.4. The highest BCUT2D eigenvalue weighted by atomic mass is 16.7. The highest BCUT2D eigenvalue weighted by Gasteiger charge is 2.26. The number of anilines is 1. The number of para-hydroxylation sites is 1. The summed E-state index contributed by atoms with van der Waals surface area (Å²) in [5, 5.41) is 17.7. The lowest BCUT2D eigenvalue weighted by molar-refractivity contribution is 0.143. The summed E-state index contributed by atoms with van der Waals surface area (Å²) in [5.41, 5.74) is 13.3. The summed E-state index contributed by atoms with van der Waals surface area (Å²) in [5.74, 6) is 7.75. The van der Waals surface area contributed by atoms with E-state index in [2.05, 4.69) is 27.1 Å². The second kappa shape index (κ2) is 9.03. The predicted molar refractivity (Wildman–Crippen MR) is 129 cm³/mol. The van der Waals surface area contributed by atoms with Gasteiger partial charge in [0.1, 0.15) is 22.9 Å². The van der Waals surface area contributed by atoms with E-state index < -0.39 is 11.7 Å². The number of imidazole rings is 1. The van der Waals surface area contributed by atoms with Crippen molar-refractivity contribution in [2.24, 2.45) is 5.73 Å². The molecule has 12 heteroatoms. The lowest BCUT2D eigenvalue weighted by Gasteiger charge is -2.19. The smallest absolute Gasteiger partial charge is 0.231 e. The quantitative estimate of drug-likeness (QED) is 0.337. The van der Waals surface area contributed by atoms with Crippen molar-refractivity contribution < 1.29 is 23.9 Å². The first kappa shape index (κ1) is 23.4. The number of nitrogen functional groups attached to an aromatic ring is 1. The first-order chi connectivity index (χ1) is 17.3. The molecule has 186 valence electrons. The molecule has 1 aromatic carbocycles. The van der Waals surface area contributed by atoms with Gasteiger partial charge in [-0.15, -0.1) is 0 Å². The third-order valence-electron chi connectivity index (χ3n) is 5.49. The number of nitrogens with two attached hydrogens (primary N) is 2. The standard InChI is InChI=1S/C24H25N7O5/c1-4-31-15-10-18(35-17(11-25)13-6-5-7-16-21(13)34-12-33-16)27-14(8-9-24(2,3)32)19(15)28-23(31)20-22(26)30-36-29-20/h5-7,10,17,32H,4,11-12,25H2,1-3H3,(H2,26,30). The van der Waals surface area contributed by atoms with Crippen LogP contribution in [0.25, 0.3) is 22.6 Å². The normalized spacial score (nSPS) is 13.5. The van der Waals surface area contributed by atoms with E-state index in [1.54, 1.807) is 19.9 Å². The number of rotatable bonds is 6. The molecule has 0 saturated carbocycles. The van der Waals surface area contributed by atoms with E-state index in [1.165, 1.54) is 0 Å². The average Bonchev–Trinajstić information content (AvgIpc) is 3.58. The fourth-order valence-corrected chi connectivity index (χ4v) is 3.90. The third kappa shape index (κ3) is 4.26. The Hall–Kier alpha value is -4.34. The Morgan fingerprint density at radius 1 is 1.25 bits per heavy atom. The maximum atomic E-state index is 10.2. The SMILES string of the molecule is CCn1c(-c2nonc2N)nc2c(C#CC(C)(C)O)nc(OC(CN)c3cccc4c3OCO4)cc21. The van der Waals surface area contributed by atoms with Gasteiger partial charge in [-0.2, -0.15) is 0 Å². The summed E-state index contributed by atoms with van der Waals surface area (Å²) in [4.78, 5) is 9.29. The van der Waals surface area contributed by atoms with Crippen molar-refractivity contribution in [2.45, 2.75) is 39.0 Å². The fourth-order valence-electron chi connectivity index (χ4n) is 3.90. The molecule has 1 atom stereocenters. The van der Waals surface area contributed by atoms with Crippen LogP contribution in [0.15, 0.2) is 28.9 Å². The summed E-state index contributed by atoms with van der Waals surface area (Å²) in [6.45, 7) is 5.92. The van der Waals surface area contributed by atoms with Crippen LogP contribution in [-0.4, -0.2) is 48.9 Å². The third-order valence-corrected chi connectivity index (χ3v) is 5.49. The lowest BCUT2D eigenvalue weighted by atomic mass is 10.1. The van der Waals surface area contributed by atoms with Crippen LogP contribution < -0.4 is 25.7 Å². The number of pyridine rings is 1. The first-order valence-corrected chi connectivity index (χ1v) is 11.3. The number of aryl methyl sites for hydroxylation is 1. The monoisotopic (exact) mass is 491 g/mol. The molecule has 0 amide bonds. The molecule has 4 heterocycles. The maximum absolute atomic E-state index is 10.2. The van der Waals surface area contributed by atoms with Crippen LogP contribution in [0, 0.1) is 11.8 Å². The Kier molecular flexibility index (Phi) is 5.87. The molecule has 0 bridgehead atoms. The summed E-state index contributed by atoms with van der Waals surface area (Å²) >= 11 is 0. The van der Waals surface area contributed by atoms with Crippen molar-refractivity contribution in [1.82, 2.24) is 24.8 Å². The van der Waals surface area contributed by atoms with Gasteiger partial charge < -0.3 is 35.4 Å².